The fraction of sp³-hybridized carbons (Fsp3) is 0. The number of hydrazone groups is 1. The Morgan fingerprint density at radius 3 is 2.56 bits per heavy atom. The molecule has 4 rings (SSSR count). The van der Waals surface area contributed by atoms with E-state index in [4.69, 9.17) is 0 Å². The summed E-state index contributed by atoms with van der Waals surface area (Å²) in [6.45, 7) is 0. The molecule has 0 aliphatic rings. The molecular weight excluding hydrogens is 316 g/mol. The summed E-state index contributed by atoms with van der Waals surface area (Å²) in [5.41, 5.74) is 4.47. The van der Waals surface area contributed by atoms with E-state index in [0.717, 1.165) is 16.3 Å². The molecule has 0 amide bonds. The van der Waals surface area contributed by atoms with Crippen LogP contribution in [0.15, 0.2) is 66.0 Å². The van der Waals surface area contributed by atoms with Crippen molar-refractivity contribution in [1.29, 1.82) is 0 Å². The molecule has 0 bridgehead atoms. The van der Waals surface area contributed by atoms with Crippen molar-refractivity contribution in [3.05, 3.63) is 66.5 Å². The van der Waals surface area contributed by atoms with Gasteiger partial charge < -0.3 is 10.1 Å². The lowest BCUT2D eigenvalue weighted by Gasteiger charge is -2.07. The van der Waals surface area contributed by atoms with E-state index < -0.39 is 0 Å². The highest BCUT2D eigenvalue weighted by atomic mass is 16.3. The van der Waals surface area contributed by atoms with Gasteiger partial charge in [0.1, 0.15) is 11.4 Å². The van der Waals surface area contributed by atoms with Crippen LogP contribution >= 0.6 is 0 Å². The number of nitrogens with one attached hydrogen (secondary N) is 2. The van der Waals surface area contributed by atoms with Crippen LogP contribution in [0.5, 0.6) is 5.75 Å². The number of aromatic nitrogens is 4. The number of rotatable bonds is 4. The maximum Gasteiger partial charge on any atom is 0.176 e. The SMILES string of the molecule is Oc1ccc(/C=N/Nc2nnc(-c3ncc[nH]3)c3ccccc23)cc1. The zero-order valence-electron chi connectivity index (χ0n) is 13.1. The first-order chi connectivity index (χ1) is 12.3. The monoisotopic (exact) mass is 330 g/mol. The fourth-order valence-electron chi connectivity index (χ4n) is 2.48. The summed E-state index contributed by atoms with van der Waals surface area (Å²) < 4.78 is 0. The molecule has 2 aromatic carbocycles. The summed E-state index contributed by atoms with van der Waals surface area (Å²) >= 11 is 0. The van der Waals surface area contributed by atoms with Gasteiger partial charge in [0.2, 0.25) is 0 Å². The molecule has 4 aromatic rings. The number of anilines is 1. The predicted octanol–water partition coefficient (Wildman–Crippen LogP) is 3.17. The first-order valence-corrected chi connectivity index (χ1v) is 7.64. The van der Waals surface area contributed by atoms with Crippen molar-refractivity contribution >= 4 is 22.8 Å². The van der Waals surface area contributed by atoms with Gasteiger partial charge in [-0.15, -0.1) is 10.2 Å². The van der Waals surface area contributed by atoms with Crippen LogP contribution in [0.4, 0.5) is 5.82 Å². The summed E-state index contributed by atoms with van der Waals surface area (Å²) in [4.78, 5) is 7.30. The Hall–Kier alpha value is -3.74. The van der Waals surface area contributed by atoms with Gasteiger partial charge in [-0.2, -0.15) is 5.10 Å². The van der Waals surface area contributed by atoms with E-state index in [0.29, 0.717) is 17.3 Å². The Morgan fingerprint density at radius 2 is 1.80 bits per heavy atom. The first kappa shape index (κ1) is 14.8. The van der Waals surface area contributed by atoms with Crippen LogP contribution in [0.25, 0.3) is 22.3 Å². The number of H-pyrrole nitrogens is 1. The molecule has 7 heteroatoms. The van der Waals surface area contributed by atoms with Crippen molar-refractivity contribution in [2.75, 3.05) is 5.43 Å². The number of fused-ring (bicyclic) bond motifs is 1. The minimum Gasteiger partial charge on any atom is -0.508 e. The molecule has 7 nitrogen and oxygen atoms in total. The molecule has 2 aromatic heterocycles. The molecule has 0 saturated carbocycles. The zero-order valence-corrected chi connectivity index (χ0v) is 13.1. The molecule has 0 fully saturated rings. The number of aromatic hydroxyl groups is 1. The lowest BCUT2D eigenvalue weighted by Crippen LogP contribution is -1.99. The molecule has 2 heterocycles. The fourth-order valence-corrected chi connectivity index (χ4v) is 2.48. The largest absolute Gasteiger partial charge is 0.508 e. The summed E-state index contributed by atoms with van der Waals surface area (Å²) in [7, 11) is 0. The van der Waals surface area contributed by atoms with Gasteiger partial charge in [-0.05, 0) is 29.8 Å². The van der Waals surface area contributed by atoms with E-state index in [1.165, 1.54) is 0 Å². The lowest BCUT2D eigenvalue weighted by atomic mass is 10.1. The van der Waals surface area contributed by atoms with Crippen LogP contribution in [0.2, 0.25) is 0 Å². The topological polar surface area (TPSA) is 99.1 Å². The van der Waals surface area contributed by atoms with Gasteiger partial charge in [-0.3, -0.25) is 5.43 Å². The van der Waals surface area contributed by atoms with Crippen molar-refractivity contribution < 1.29 is 5.11 Å². The maximum atomic E-state index is 9.30. The smallest absolute Gasteiger partial charge is 0.176 e. The Labute approximate surface area is 143 Å². The molecule has 0 radical (unpaired) electrons. The predicted molar refractivity (Wildman–Crippen MR) is 96.4 cm³/mol. The second-order valence-corrected chi connectivity index (χ2v) is 5.34. The van der Waals surface area contributed by atoms with Crippen LogP contribution in [-0.2, 0) is 0 Å². The lowest BCUT2D eigenvalue weighted by molar-refractivity contribution is 0.475. The molecule has 25 heavy (non-hydrogen) atoms. The average molecular weight is 330 g/mol. The number of aromatic amines is 1. The third kappa shape index (κ3) is 3.02. The number of phenols is 1. The van der Waals surface area contributed by atoms with Gasteiger partial charge in [0.25, 0.3) is 0 Å². The van der Waals surface area contributed by atoms with Crippen LogP contribution in [0.3, 0.4) is 0 Å². The van der Waals surface area contributed by atoms with Gasteiger partial charge in [-0.1, -0.05) is 24.3 Å². The average Bonchev–Trinajstić information content (AvgIpc) is 3.18. The van der Waals surface area contributed by atoms with Crippen molar-refractivity contribution in [2.24, 2.45) is 5.10 Å². The van der Waals surface area contributed by atoms with E-state index in [1.54, 1.807) is 42.9 Å². The quantitative estimate of drug-likeness (QED) is 0.394. The van der Waals surface area contributed by atoms with Crippen molar-refractivity contribution in [3.8, 4) is 17.3 Å². The van der Waals surface area contributed by atoms with Crippen molar-refractivity contribution in [1.82, 2.24) is 20.2 Å². The number of phenolic OH excluding ortho intramolecular Hbond substituents is 1. The highest BCUT2D eigenvalue weighted by Gasteiger charge is 2.11. The number of benzene rings is 2. The molecular formula is C18H14N6O. The van der Waals surface area contributed by atoms with Crippen LogP contribution in [0.1, 0.15) is 5.56 Å². The second kappa shape index (κ2) is 6.40. The Bertz CT molecular complexity index is 1030. The molecule has 0 unspecified atom stereocenters. The molecule has 3 N–H and O–H groups in total. The minimum atomic E-state index is 0.218. The molecule has 0 aliphatic heterocycles. The Kier molecular flexibility index (Phi) is 3.80. The Balaban J connectivity index is 1.66. The Morgan fingerprint density at radius 1 is 1.00 bits per heavy atom. The van der Waals surface area contributed by atoms with E-state index in [1.807, 2.05) is 24.3 Å². The van der Waals surface area contributed by atoms with E-state index in [-0.39, 0.29) is 5.75 Å². The van der Waals surface area contributed by atoms with E-state index in [9.17, 15) is 5.11 Å². The van der Waals surface area contributed by atoms with Gasteiger partial charge in [-0.25, -0.2) is 4.98 Å². The normalized spacial score (nSPS) is 11.2. The standard InChI is InChI=1S/C18H14N6O/c25-13-7-5-12(6-8-13)11-21-23-17-15-4-2-1-3-14(15)16(22-24-17)18-19-9-10-20-18/h1-11,25H,(H,19,20)(H,23,24)/b21-11+. The van der Waals surface area contributed by atoms with Crippen LogP contribution in [0, 0.1) is 0 Å². The second-order valence-electron chi connectivity index (χ2n) is 5.34. The molecule has 0 saturated heterocycles. The number of imidazole rings is 1. The van der Waals surface area contributed by atoms with Gasteiger partial charge in [0.15, 0.2) is 11.6 Å². The van der Waals surface area contributed by atoms with Gasteiger partial charge >= 0.3 is 0 Å². The number of nitrogens with zero attached hydrogens (tertiary/aromatic N) is 4. The summed E-state index contributed by atoms with van der Waals surface area (Å²) in [6.07, 6.45) is 5.08. The third-order valence-corrected chi connectivity index (χ3v) is 3.69. The first-order valence-electron chi connectivity index (χ1n) is 7.64. The summed E-state index contributed by atoms with van der Waals surface area (Å²) in [6, 6.07) is 14.5. The minimum absolute atomic E-state index is 0.218. The summed E-state index contributed by atoms with van der Waals surface area (Å²) in [5, 5.41) is 23.8. The van der Waals surface area contributed by atoms with Crippen LogP contribution in [-0.4, -0.2) is 31.5 Å². The van der Waals surface area contributed by atoms with Crippen molar-refractivity contribution in [2.45, 2.75) is 0 Å². The summed E-state index contributed by atoms with van der Waals surface area (Å²) in [5.74, 6) is 1.44. The van der Waals surface area contributed by atoms with Gasteiger partial charge in [0.05, 0.1) is 6.21 Å². The third-order valence-electron chi connectivity index (χ3n) is 3.69. The molecule has 0 atom stereocenters. The molecule has 122 valence electrons. The van der Waals surface area contributed by atoms with Crippen LogP contribution < -0.4 is 5.43 Å². The number of hydrogen-bond acceptors (Lipinski definition) is 6. The van der Waals surface area contributed by atoms with E-state index in [2.05, 4.69) is 30.7 Å². The zero-order chi connectivity index (χ0) is 17.1. The van der Waals surface area contributed by atoms with Crippen molar-refractivity contribution in [3.63, 3.8) is 0 Å². The molecule has 0 spiro atoms. The van der Waals surface area contributed by atoms with E-state index >= 15 is 0 Å². The highest BCUT2D eigenvalue weighted by Crippen LogP contribution is 2.27. The highest BCUT2D eigenvalue weighted by molar-refractivity contribution is 5.99. The number of hydrogen-bond donors (Lipinski definition) is 3. The van der Waals surface area contributed by atoms with Gasteiger partial charge in [0, 0.05) is 23.2 Å². The maximum absolute atomic E-state index is 9.30. The molecule has 0 aliphatic carbocycles.